The van der Waals surface area contributed by atoms with Gasteiger partial charge in [-0.25, -0.2) is 9.97 Å². The fourth-order valence-corrected chi connectivity index (χ4v) is 1.88. The maximum Gasteiger partial charge on any atom is 0.187 e. The zero-order valence-electron chi connectivity index (χ0n) is 9.77. The van der Waals surface area contributed by atoms with Crippen LogP contribution >= 0.6 is 11.8 Å². The van der Waals surface area contributed by atoms with Crippen molar-refractivity contribution in [2.75, 3.05) is 5.75 Å². The quantitative estimate of drug-likeness (QED) is 0.623. The molecule has 5 heteroatoms. The molecule has 0 aliphatic carbocycles. The Balaban J connectivity index is 2.44. The third-order valence-electron chi connectivity index (χ3n) is 1.83. The second-order valence-electron chi connectivity index (χ2n) is 3.86. The first-order valence-electron chi connectivity index (χ1n) is 5.19. The highest BCUT2D eigenvalue weighted by molar-refractivity contribution is 7.99. The molecule has 1 atom stereocenters. The second kappa shape index (κ2) is 6.46. The van der Waals surface area contributed by atoms with E-state index in [-0.39, 0.29) is 6.04 Å². The molecule has 1 heterocycles. The van der Waals surface area contributed by atoms with Gasteiger partial charge in [-0.05, 0) is 26.3 Å². The topological polar surface area (TPSA) is 61.6 Å². The number of thioether (sulfide) groups is 1. The molecular weight excluding hydrogens is 220 g/mol. The Morgan fingerprint density at radius 1 is 1.44 bits per heavy atom. The van der Waals surface area contributed by atoms with Crippen LogP contribution in [0.2, 0.25) is 0 Å². The molecule has 0 aliphatic rings. The molecule has 1 rings (SSSR count). The average molecular weight is 236 g/mol. The van der Waals surface area contributed by atoms with Crippen molar-refractivity contribution < 1.29 is 0 Å². The van der Waals surface area contributed by atoms with Gasteiger partial charge in [0.05, 0.1) is 6.07 Å². The van der Waals surface area contributed by atoms with Crippen molar-refractivity contribution in [2.24, 2.45) is 0 Å². The van der Waals surface area contributed by atoms with Gasteiger partial charge in [0.15, 0.2) is 5.16 Å². The Bertz CT molecular complexity index is 355. The molecule has 0 bridgehead atoms. The van der Waals surface area contributed by atoms with E-state index in [1.807, 2.05) is 20.8 Å². The van der Waals surface area contributed by atoms with Crippen LogP contribution in [0.5, 0.6) is 0 Å². The first kappa shape index (κ1) is 12.9. The van der Waals surface area contributed by atoms with Gasteiger partial charge in [0.2, 0.25) is 0 Å². The fraction of sp³-hybridized carbons (Fsp3) is 0.545. The molecule has 4 nitrogen and oxygen atoms in total. The van der Waals surface area contributed by atoms with E-state index in [9.17, 15) is 0 Å². The smallest absolute Gasteiger partial charge is 0.187 e. The second-order valence-corrected chi connectivity index (χ2v) is 4.84. The monoisotopic (exact) mass is 236 g/mol. The minimum Gasteiger partial charge on any atom is -0.299 e. The Morgan fingerprint density at radius 2 is 2.06 bits per heavy atom. The maximum atomic E-state index is 8.93. The molecule has 0 radical (unpaired) electrons. The summed E-state index contributed by atoms with van der Waals surface area (Å²) >= 11 is 1.50. The lowest BCUT2D eigenvalue weighted by molar-refractivity contribution is 0.560. The Kier molecular flexibility index (Phi) is 5.23. The maximum absolute atomic E-state index is 8.93. The highest BCUT2D eigenvalue weighted by Crippen LogP contribution is 2.13. The van der Waals surface area contributed by atoms with E-state index in [0.29, 0.717) is 11.8 Å². The molecule has 1 aromatic heterocycles. The minimum atomic E-state index is -0.157. The first-order valence-corrected chi connectivity index (χ1v) is 6.17. The lowest BCUT2D eigenvalue weighted by atomic mass is 10.3. The molecule has 0 amide bonds. The van der Waals surface area contributed by atoms with Crippen LogP contribution in [-0.4, -0.2) is 27.8 Å². The van der Waals surface area contributed by atoms with Crippen molar-refractivity contribution in [1.29, 1.82) is 5.26 Å². The van der Waals surface area contributed by atoms with Crippen LogP contribution in [0.15, 0.2) is 17.6 Å². The third kappa shape index (κ3) is 4.60. The summed E-state index contributed by atoms with van der Waals surface area (Å²) in [5.74, 6) is 0.664. The Labute approximate surface area is 100 Å². The number of nitriles is 1. The van der Waals surface area contributed by atoms with Gasteiger partial charge >= 0.3 is 0 Å². The summed E-state index contributed by atoms with van der Waals surface area (Å²) < 4.78 is 0. The van der Waals surface area contributed by atoms with Crippen LogP contribution in [0, 0.1) is 18.3 Å². The van der Waals surface area contributed by atoms with Gasteiger partial charge in [0, 0.05) is 24.2 Å². The molecule has 16 heavy (non-hydrogen) atoms. The number of aryl methyl sites for hydroxylation is 1. The van der Waals surface area contributed by atoms with E-state index >= 15 is 0 Å². The molecular formula is C11H16N4S. The van der Waals surface area contributed by atoms with E-state index in [1.54, 1.807) is 12.4 Å². The van der Waals surface area contributed by atoms with Crippen LogP contribution in [0.4, 0.5) is 0 Å². The van der Waals surface area contributed by atoms with Crippen molar-refractivity contribution in [3.63, 3.8) is 0 Å². The Hall–Kier alpha value is -1.12. The zero-order valence-corrected chi connectivity index (χ0v) is 10.6. The molecule has 0 saturated heterocycles. The van der Waals surface area contributed by atoms with Crippen LogP contribution in [0.3, 0.4) is 0 Å². The summed E-state index contributed by atoms with van der Waals surface area (Å²) in [4.78, 5) is 8.36. The number of nitrogens with one attached hydrogen (secondary N) is 1. The summed E-state index contributed by atoms with van der Waals surface area (Å²) in [6.07, 6.45) is 3.57. The van der Waals surface area contributed by atoms with Gasteiger partial charge in [-0.1, -0.05) is 11.8 Å². The number of hydrogen-bond donors (Lipinski definition) is 1. The highest BCUT2D eigenvalue weighted by atomic mass is 32.2. The number of aromatic nitrogens is 2. The highest BCUT2D eigenvalue weighted by Gasteiger charge is 2.09. The molecule has 1 N–H and O–H groups in total. The lowest BCUT2D eigenvalue weighted by Crippen LogP contribution is -2.35. The van der Waals surface area contributed by atoms with Gasteiger partial charge in [-0.2, -0.15) is 5.26 Å². The van der Waals surface area contributed by atoms with Crippen molar-refractivity contribution >= 4 is 11.8 Å². The summed E-state index contributed by atoms with van der Waals surface area (Å²) in [5, 5.41) is 12.8. The summed E-state index contributed by atoms with van der Waals surface area (Å²) in [7, 11) is 0. The first-order chi connectivity index (χ1) is 7.61. The van der Waals surface area contributed by atoms with Crippen LogP contribution in [0.25, 0.3) is 0 Å². The third-order valence-corrected chi connectivity index (χ3v) is 2.80. The molecule has 1 aromatic rings. The molecule has 86 valence electrons. The standard InChI is InChI=1S/C11H16N4S/c1-8(2)15-10(4-12)7-16-11-13-5-9(3)6-14-11/h5-6,8,10,15H,7H2,1-3H3. The van der Waals surface area contributed by atoms with E-state index < -0.39 is 0 Å². The molecule has 0 saturated carbocycles. The Morgan fingerprint density at radius 3 is 2.56 bits per heavy atom. The van der Waals surface area contributed by atoms with Gasteiger partial charge in [-0.15, -0.1) is 0 Å². The number of rotatable bonds is 5. The summed E-state index contributed by atoms with van der Waals surface area (Å²) in [5.41, 5.74) is 1.04. The fourth-order valence-electron chi connectivity index (χ4n) is 1.14. The lowest BCUT2D eigenvalue weighted by Gasteiger charge is -2.13. The minimum absolute atomic E-state index is 0.157. The van der Waals surface area contributed by atoms with Gasteiger partial charge < -0.3 is 0 Å². The summed E-state index contributed by atoms with van der Waals surface area (Å²) in [6, 6.07) is 2.38. The van der Waals surface area contributed by atoms with Crippen LogP contribution in [0.1, 0.15) is 19.4 Å². The van der Waals surface area contributed by atoms with E-state index in [1.165, 1.54) is 11.8 Å². The van der Waals surface area contributed by atoms with Crippen molar-refractivity contribution in [1.82, 2.24) is 15.3 Å². The molecule has 0 fully saturated rings. The van der Waals surface area contributed by atoms with E-state index in [4.69, 9.17) is 5.26 Å². The average Bonchev–Trinajstić information content (AvgIpc) is 2.26. The zero-order chi connectivity index (χ0) is 12.0. The van der Waals surface area contributed by atoms with Crippen LogP contribution in [-0.2, 0) is 0 Å². The van der Waals surface area contributed by atoms with E-state index in [0.717, 1.165) is 10.7 Å². The largest absolute Gasteiger partial charge is 0.299 e. The SMILES string of the molecule is Cc1cnc(SCC(C#N)NC(C)C)nc1. The van der Waals surface area contributed by atoms with Crippen molar-refractivity contribution in [3.05, 3.63) is 18.0 Å². The molecule has 0 spiro atoms. The van der Waals surface area contributed by atoms with Crippen molar-refractivity contribution in [3.8, 4) is 6.07 Å². The van der Waals surface area contributed by atoms with Crippen molar-refractivity contribution in [2.45, 2.75) is 38.0 Å². The van der Waals surface area contributed by atoms with Gasteiger partial charge in [-0.3, -0.25) is 5.32 Å². The summed E-state index contributed by atoms with van der Waals surface area (Å²) in [6.45, 7) is 6.00. The van der Waals surface area contributed by atoms with Crippen LogP contribution < -0.4 is 5.32 Å². The molecule has 0 aromatic carbocycles. The normalized spacial score (nSPS) is 12.4. The molecule has 1 unspecified atom stereocenters. The number of hydrogen-bond acceptors (Lipinski definition) is 5. The molecule has 0 aliphatic heterocycles. The predicted octanol–water partition coefficient (Wildman–Crippen LogP) is 1.77. The predicted molar refractivity (Wildman–Crippen MR) is 65.2 cm³/mol. The van der Waals surface area contributed by atoms with E-state index in [2.05, 4.69) is 21.4 Å². The van der Waals surface area contributed by atoms with Gasteiger partial charge in [0.25, 0.3) is 0 Å². The van der Waals surface area contributed by atoms with Gasteiger partial charge in [0.1, 0.15) is 6.04 Å². The number of nitrogens with zero attached hydrogens (tertiary/aromatic N) is 3.